The third kappa shape index (κ3) is 26.8. The number of unbranched alkanes of at least 4 members (excludes halogenated alkanes) is 10. The Bertz CT molecular complexity index is 145. The van der Waals surface area contributed by atoms with Gasteiger partial charge in [0.05, 0.1) is 6.26 Å². The first-order valence-corrected chi connectivity index (χ1v) is 12.8. The number of rotatable bonds is 14. The fraction of sp³-hybridized carbons (Fsp3) is 0.889. The van der Waals surface area contributed by atoms with E-state index >= 15 is 0 Å². The molecule has 0 rings (SSSR count). The predicted octanol–water partition coefficient (Wildman–Crippen LogP) is 6.94. The summed E-state index contributed by atoms with van der Waals surface area (Å²) in [6.07, 6.45) is 18.6. The summed E-state index contributed by atoms with van der Waals surface area (Å²) in [5.41, 5.74) is 0. The first-order valence-electron chi connectivity index (χ1n) is 8.79. The number of hydrogen-bond donors (Lipinski definition) is 1. The van der Waals surface area contributed by atoms with Crippen molar-refractivity contribution in [3.63, 3.8) is 0 Å². The maximum absolute atomic E-state index is 7.33. The molecule has 0 aromatic carbocycles. The van der Waals surface area contributed by atoms with Crippen molar-refractivity contribution in [3.8, 4) is 0 Å². The van der Waals surface area contributed by atoms with E-state index in [1.54, 1.807) is 21.7 Å². The van der Waals surface area contributed by atoms with Gasteiger partial charge in [0.25, 0.3) is 0 Å². The van der Waals surface area contributed by atoms with Crippen molar-refractivity contribution in [1.29, 1.82) is 0 Å². The molecule has 2 heteroatoms. The fourth-order valence-corrected chi connectivity index (χ4v) is 5.75. The van der Waals surface area contributed by atoms with E-state index in [0.717, 1.165) is 6.26 Å². The summed E-state index contributed by atoms with van der Waals surface area (Å²) in [6.45, 7) is 7.52. The Morgan fingerprint density at radius 1 is 0.700 bits per heavy atom. The fourth-order valence-electron chi connectivity index (χ4n) is 2.19. The first kappa shape index (κ1) is 22.6. The van der Waals surface area contributed by atoms with Crippen LogP contribution in [-0.2, 0) is 0 Å². The molecule has 120 valence electrons. The molecular weight excluding hydrogens is 351 g/mol. The van der Waals surface area contributed by atoms with Gasteiger partial charge in [-0.1, -0.05) is 6.58 Å². The van der Waals surface area contributed by atoms with E-state index in [2.05, 4.69) is 20.4 Å². The molecule has 0 amide bonds. The van der Waals surface area contributed by atoms with Gasteiger partial charge in [-0.2, -0.15) is 0 Å². The van der Waals surface area contributed by atoms with Crippen LogP contribution in [0.1, 0.15) is 90.9 Å². The molecule has 1 nitrogen and oxygen atoms in total. The van der Waals surface area contributed by atoms with E-state index in [0.29, 0.717) is 0 Å². The van der Waals surface area contributed by atoms with E-state index in [1.807, 2.05) is 0 Å². The molecule has 0 aliphatic rings. The zero-order valence-electron chi connectivity index (χ0n) is 14.1. The van der Waals surface area contributed by atoms with Gasteiger partial charge >= 0.3 is 121 Å². The summed E-state index contributed by atoms with van der Waals surface area (Å²) in [5, 5.41) is 7.33. The van der Waals surface area contributed by atoms with Crippen LogP contribution in [0.15, 0.2) is 12.8 Å². The second kappa shape index (κ2) is 24.4. The zero-order valence-corrected chi connectivity index (χ0v) is 17.0. The van der Waals surface area contributed by atoms with E-state index in [9.17, 15) is 0 Å². The molecule has 0 aromatic heterocycles. The molecule has 0 heterocycles. The topological polar surface area (TPSA) is 20.2 Å². The van der Waals surface area contributed by atoms with Gasteiger partial charge in [0.1, 0.15) is 0 Å². The molecule has 0 atom stereocenters. The van der Waals surface area contributed by atoms with E-state index in [1.165, 1.54) is 64.2 Å². The molecule has 0 unspecified atom stereocenters. The van der Waals surface area contributed by atoms with Crippen molar-refractivity contribution in [1.82, 2.24) is 0 Å². The van der Waals surface area contributed by atoms with Crippen LogP contribution in [0.3, 0.4) is 0 Å². The van der Waals surface area contributed by atoms with E-state index in [4.69, 9.17) is 5.11 Å². The van der Waals surface area contributed by atoms with E-state index in [-0.39, 0.29) is 21.1 Å². The van der Waals surface area contributed by atoms with Crippen molar-refractivity contribution in [2.75, 3.05) is 0 Å². The van der Waals surface area contributed by atoms with Crippen molar-refractivity contribution < 1.29 is 5.11 Å². The molecule has 1 N–H and O–H groups in total. The minimum absolute atomic E-state index is 0.0736. The van der Waals surface area contributed by atoms with E-state index < -0.39 is 0 Å². The molecule has 0 aliphatic heterocycles. The minimum atomic E-state index is 0.0736. The van der Waals surface area contributed by atoms with Gasteiger partial charge in [0.15, 0.2) is 0 Å². The van der Waals surface area contributed by atoms with Crippen LogP contribution >= 0.6 is 0 Å². The van der Waals surface area contributed by atoms with Crippen LogP contribution in [0, 0.1) is 0 Å². The summed E-state index contributed by atoms with van der Waals surface area (Å²) >= 11 is 0.0736. The molecule has 2 radical (unpaired) electrons. The zero-order chi connectivity index (χ0) is 15.3. The second-order valence-corrected chi connectivity index (χ2v) is 9.75. The molecule has 20 heavy (non-hydrogen) atoms. The third-order valence-electron chi connectivity index (χ3n) is 3.41. The second-order valence-electron chi connectivity index (χ2n) is 5.47. The van der Waals surface area contributed by atoms with Crippen molar-refractivity contribution in [2.24, 2.45) is 0 Å². The Balaban J connectivity index is 0. The first-order chi connectivity index (χ1) is 9.83. The normalized spacial score (nSPS) is 9.90. The molecule has 0 saturated carbocycles. The summed E-state index contributed by atoms with van der Waals surface area (Å²) in [6, 6.07) is 0. The van der Waals surface area contributed by atoms with Crippen LogP contribution in [0.5, 0.6) is 0 Å². The van der Waals surface area contributed by atoms with Crippen molar-refractivity contribution in [2.45, 2.75) is 99.8 Å². The predicted molar refractivity (Wildman–Crippen MR) is 94.9 cm³/mol. The molecule has 0 saturated heterocycles. The SMILES string of the molecule is C=CO.CCCCCCC[CH2][Sn][CH2]CCCCCCC. The maximum atomic E-state index is 7.33. The van der Waals surface area contributed by atoms with Gasteiger partial charge in [0, 0.05) is 0 Å². The molecular formula is C18H38OSn. The summed E-state index contributed by atoms with van der Waals surface area (Å²) in [4.78, 5) is 0. The molecule has 0 spiro atoms. The standard InChI is InChI=1S/2C8H17.C2H4O.Sn/c2*1-3-5-7-8-6-4-2;1-2-3;/h2*1,3-8H2,2H3;2-3H,1H2;. The Morgan fingerprint density at radius 3 is 1.35 bits per heavy atom. The quantitative estimate of drug-likeness (QED) is 0.194. The molecule has 0 fully saturated rings. The summed E-state index contributed by atoms with van der Waals surface area (Å²) < 4.78 is 3.31. The molecule has 0 bridgehead atoms. The van der Waals surface area contributed by atoms with Gasteiger partial charge in [-0.05, 0) is 0 Å². The van der Waals surface area contributed by atoms with Gasteiger partial charge in [0.2, 0.25) is 0 Å². The van der Waals surface area contributed by atoms with Crippen LogP contribution < -0.4 is 0 Å². The van der Waals surface area contributed by atoms with Gasteiger partial charge in [-0.3, -0.25) is 0 Å². The van der Waals surface area contributed by atoms with Gasteiger partial charge in [-0.15, -0.1) is 0 Å². The summed E-state index contributed by atoms with van der Waals surface area (Å²) in [7, 11) is 0. The summed E-state index contributed by atoms with van der Waals surface area (Å²) in [5.74, 6) is 0. The Hall–Kier alpha value is 0.339. The third-order valence-corrected chi connectivity index (χ3v) is 7.45. The van der Waals surface area contributed by atoms with Crippen LogP contribution in [0.4, 0.5) is 0 Å². The monoisotopic (exact) mass is 390 g/mol. The number of aliphatic hydroxyl groups is 1. The van der Waals surface area contributed by atoms with Gasteiger partial charge in [-0.25, -0.2) is 0 Å². The number of aliphatic hydroxyl groups excluding tert-OH is 1. The van der Waals surface area contributed by atoms with Crippen molar-refractivity contribution >= 4 is 21.1 Å². The Labute approximate surface area is 138 Å². The van der Waals surface area contributed by atoms with Crippen molar-refractivity contribution in [3.05, 3.63) is 12.8 Å². The molecule has 0 aromatic rings. The Morgan fingerprint density at radius 2 is 1.00 bits per heavy atom. The average molecular weight is 389 g/mol. The molecule has 0 aliphatic carbocycles. The van der Waals surface area contributed by atoms with Crippen LogP contribution in [0.2, 0.25) is 8.87 Å². The average Bonchev–Trinajstić information content (AvgIpc) is 2.45. The number of hydrogen-bond acceptors (Lipinski definition) is 1. The Kier molecular flexibility index (Phi) is 27.6. The van der Waals surface area contributed by atoms with Crippen LogP contribution in [-0.4, -0.2) is 26.2 Å². The van der Waals surface area contributed by atoms with Gasteiger partial charge < -0.3 is 5.11 Å². The van der Waals surface area contributed by atoms with Crippen LogP contribution in [0.25, 0.3) is 0 Å².